The van der Waals surface area contributed by atoms with Gasteiger partial charge in [0.1, 0.15) is 0 Å². The minimum absolute atomic E-state index is 0.182. The van der Waals surface area contributed by atoms with E-state index in [1.807, 2.05) is 20.9 Å². The number of carbonyl (C=O) groups is 1. The van der Waals surface area contributed by atoms with Gasteiger partial charge in [0.2, 0.25) is 5.89 Å². The summed E-state index contributed by atoms with van der Waals surface area (Å²) in [6.45, 7) is 5.35. The van der Waals surface area contributed by atoms with Gasteiger partial charge in [-0.1, -0.05) is 5.16 Å². The molecule has 0 unspecified atom stereocenters. The largest absolute Gasteiger partial charge is 0.381 e. The molecule has 3 heterocycles. The summed E-state index contributed by atoms with van der Waals surface area (Å²) in [5.41, 5.74) is 2.13. The molecule has 1 saturated heterocycles. The molecule has 2 aromatic heterocycles. The molecule has 1 amide bonds. The van der Waals surface area contributed by atoms with Gasteiger partial charge in [-0.3, -0.25) is 9.48 Å². The lowest BCUT2D eigenvalue weighted by molar-refractivity contribution is 0.0830. The molecule has 0 aliphatic carbocycles. The SMILES string of the molecule is Cc1nn(C)c(C)c1C(=O)NCc1nc(C2CCOCC2)no1. The van der Waals surface area contributed by atoms with Crippen LogP contribution in [0.15, 0.2) is 4.52 Å². The van der Waals surface area contributed by atoms with E-state index in [1.54, 1.807) is 4.68 Å². The van der Waals surface area contributed by atoms with Crippen LogP contribution in [-0.2, 0) is 18.3 Å². The zero-order chi connectivity index (χ0) is 16.4. The highest BCUT2D eigenvalue weighted by molar-refractivity contribution is 5.96. The zero-order valence-corrected chi connectivity index (χ0v) is 13.6. The van der Waals surface area contributed by atoms with Gasteiger partial charge in [0, 0.05) is 31.9 Å². The number of nitrogens with one attached hydrogen (secondary N) is 1. The summed E-state index contributed by atoms with van der Waals surface area (Å²) >= 11 is 0. The van der Waals surface area contributed by atoms with Crippen molar-refractivity contribution >= 4 is 5.91 Å². The van der Waals surface area contributed by atoms with Crippen LogP contribution >= 0.6 is 0 Å². The predicted octanol–water partition coefficient (Wildman–Crippen LogP) is 1.24. The van der Waals surface area contributed by atoms with Gasteiger partial charge in [-0.05, 0) is 26.7 Å². The Kier molecular flexibility index (Phi) is 4.42. The highest BCUT2D eigenvalue weighted by Gasteiger charge is 2.22. The number of hydrogen-bond donors (Lipinski definition) is 1. The highest BCUT2D eigenvalue weighted by Crippen LogP contribution is 2.24. The second kappa shape index (κ2) is 6.49. The normalized spacial score (nSPS) is 15.8. The molecule has 0 spiro atoms. The quantitative estimate of drug-likeness (QED) is 0.911. The molecule has 0 atom stereocenters. The van der Waals surface area contributed by atoms with Gasteiger partial charge in [-0.25, -0.2) is 0 Å². The van der Waals surface area contributed by atoms with E-state index >= 15 is 0 Å². The Labute approximate surface area is 134 Å². The van der Waals surface area contributed by atoms with Crippen LogP contribution in [0.2, 0.25) is 0 Å². The number of ether oxygens (including phenoxy) is 1. The molecule has 1 fully saturated rings. The van der Waals surface area contributed by atoms with E-state index in [4.69, 9.17) is 9.26 Å². The first-order valence-electron chi connectivity index (χ1n) is 7.75. The van der Waals surface area contributed by atoms with Gasteiger partial charge < -0.3 is 14.6 Å². The molecular formula is C15H21N5O3. The lowest BCUT2D eigenvalue weighted by atomic mass is 10.00. The molecule has 124 valence electrons. The molecule has 0 saturated carbocycles. The maximum absolute atomic E-state index is 12.3. The molecule has 0 radical (unpaired) electrons. The topological polar surface area (TPSA) is 95.1 Å². The maximum Gasteiger partial charge on any atom is 0.255 e. The summed E-state index contributed by atoms with van der Waals surface area (Å²) in [7, 11) is 1.82. The van der Waals surface area contributed by atoms with Crippen molar-refractivity contribution in [2.24, 2.45) is 7.05 Å². The molecule has 8 heteroatoms. The van der Waals surface area contributed by atoms with Crippen LogP contribution < -0.4 is 5.32 Å². The average molecular weight is 319 g/mol. The van der Waals surface area contributed by atoms with Crippen molar-refractivity contribution in [2.45, 2.75) is 39.2 Å². The highest BCUT2D eigenvalue weighted by atomic mass is 16.5. The number of aryl methyl sites for hydroxylation is 2. The molecule has 0 bridgehead atoms. The number of nitrogens with zero attached hydrogens (tertiary/aromatic N) is 4. The third kappa shape index (κ3) is 3.26. The summed E-state index contributed by atoms with van der Waals surface area (Å²) in [5, 5.41) is 11.1. The minimum Gasteiger partial charge on any atom is -0.381 e. The van der Waals surface area contributed by atoms with Crippen molar-refractivity contribution in [2.75, 3.05) is 13.2 Å². The molecule has 0 aromatic carbocycles. The fourth-order valence-electron chi connectivity index (χ4n) is 2.81. The fraction of sp³-hybridized carbons (Fsp3) is 0.600. The fourth-order valence-corrected chi connectivity index (χ4v) is 2.81. The van der Waals surface area contributed by atoms with Crippen LogP contribution in [0.25, 0.3) is 0 Å². The third-order valence-corrected chi connectivity index (χ3v) is 4.21. The van der Waals surface area contributed by atoms with E-state index < -0.39 is 0 Å². The van der Waals surface area contributed by atoms with E-state index in [2.05, 4.69) is 20.6 Å². The molecule has 1 N–H and O–H groups in total. The first-order chi connectivity index (χ1) is 11.1. The zero-order valence-electron chi connectivity index (χ0n) is 13.6. The first-order valence-corrected chi connectivity index (χ1v) is 7.75. The lowest BCUT2D eigenvalue weighted by Crippen LogP contribution is -2.24. The Bertz CT molecular complexity index is 700. The van der Waals surface area contributed by atoms with Gasteiger partial charge >= 0.3 is 0 Å². The summed E-state index contributed by atoms with van der Waals surface area (Å²) < 4.78 is 12.3. The second-order valence-electron chi connectivity index (χ2n) is 5.79. The Morgan fingerprint density at radius 2 is 2.09 bits per heavy atom. The molecular weight excluding hydrogens is 298 g/mol. The van der Waals surface area contributed by atoms with Crippen molar-refractivity contribution in [1.82, 2.24) is 25.2 Å². The van der Waals surface area contributed by atoms with E-state index in [0.717, 1.165) is 31.7 Å². The van der Waals surface area contributed by atoms with Gasteiger partial charge in [0.05, 0.1) is 17.8 Å². The van der Waals surface area contributed by atoms with E-state index in [-0.39, 0.29) is 18.4 Å². The standard InChI is InChI=1S/C15H21N5O3/c1-9-13(10(2)20(3)18-9)15(21)16-8-12-17-14(19-23-12)11-4-6-22-7-5-11/h11H,4-8H2,1-3H3,(H,16,21). The lowest BCUT2D eigenvalue weighted by Gasteiger charge is -2.18. The van der Waals surface area contributed by atoms with Crippen LogP contribution in [0.3, 0.4) is 0 Å². The molecule has 1 aliphatic heterocycles. The van der Waals surface area contributed by atoms with E-state index in [0.29, 0.717) is 23.0 Å². The molecule has 2 aromatic rings. The Balaban J connectivity index is 1.62. The Morgan fingerprint density at radius 3 is 2.74 bits per heavy atom. The smallest absolute Gasteiger partial charge is 0.255 e. The van der Waals surface area contributed by atoms with Gasteiger partial charge in [0.15, 0.2) is 5.82 Å². The van der Waals surface area contributed by atoms with Crippen molar-refractivity contribution < 1.29 is 14.1 Å². The minimum atomic E-state index is -0.182. The van der Waals surface area contributed by atoms with Crippen LogP contribution in [0.4, 0.5) is 0 Å². The first kappa shape index (κ1) is 15.7. The maximum atomic E-state index is 12.3. The number of carbonyl (C=O) groups excluding carboxylic acids is 1. The average Bonchev–Trinajstić information content (AvgIpc) is 3.11. The number of rotatable bonds is 4. The number of amides is 1. The van der Waals surface area contributed by atoms with E-state index in [1.165, 1.54) is 0 Å². The van der Waals surface area contributed by atoms with Crippen molar-refractivity contribution in [3.05, 3.63) is 28.7 Å². The number of aromatic nitrogens is 4. The molecule has 3 rings (SSSR count). The second-order valence-corrected chi connectivity index (χ2v) is 5.79. The predicted molar refractivity (Wildman–Crippen MR) is 80.9 cm³/mol. The third-order valence-electron chi connectivity index (χ3n) is 4.21. The van der Waals surface area contributed by atoms with Gasteiger partial charge in [0.25, 0.3) is 5.91 Å². The summed E-state index contributed by atoms with van der Waals surface area (Å²) in [5.74, 6) is 1.21. The van der Waals surface area contributed by atoms with E-state index in [9.17, 15) is 4.79 Å². The van der Waals surface area contributed by atoms with Gasteiger partial charge in [-0.15, -0.1) is 0 Å². The molecule has 23 heavy (non-hydrogen) atoms. The van der Waals surface area contributed by atoms with Crippen molar-refractivity contribution in [3.8, 4) is 0 Å². The summed E-state index contributed by atoms with van der Waals surface area (Å²) in [4.78, 5) is 16.7. The Morgan fingerprint density at radius 1 is 1.35 bits per heavy atom. The molecule has 8 nitrogen and oxygen atoms in total. The van der Waals surface area contributed by atoms with Crippen molar-refractivity contribution in [1.29, 1.82) is 0 Å². The number of hydrogen-bond acceptors (Lipinski definition) is 6. The van der Waals surface area contributed by atoms with Crippen LogP contribution in [0, 0.1) is 13.8 Å². The van der Waals surface area contributed by atoms with Crippen molar-refractivity contribution in [3.63, 3.8) is 0 Å². The Hall–Kier alpha value is -2.22. The van der Waals surface area contributed by atoms with Crippen LogP contribution in [-0.4, -0.2) is 39.0 Å². The van der Waals surface area contributed by atoms with Crippen LogP contribution in [0.1, 0.15) is 52.2 Å². The van der Waals surface area contributed by atoms with Gasteiger partial charge in [-0.2, -0.15) is 10.1 Å². The monoisotopic (exact) mass is 319 g/mol. The molecule has 1 aliphatic rings. The van der Waals surface area contributed by atoms with Crippen LogP contribution in [0.5, 0.6) is 0 Å². The summed E-state index contributed by atoms with van der Waals surface area (Å²) in [6.07, 6.45) is 1.80. The summed E-state index contributed by atoms with van der Waals surface area (Å²) in [6, 6.07) is 0.